The summed E-state index contributed by atoms with van der Waals surface area (Å²) in [5.74, 6) is -0.951. The maximum absolute atomic E-state index is 12.7. The van der Waals surface area contributed by atoms with Gasteiger partial charge in [0.15, 0.2) is 5.60 Å². The molecule has 0 amide bonds. The second-order valence-electron chi connectivity index (χ2n) is 8.86. The zero-order valence-corrected chi connectivity index (χ0v) is 17.1. The molecule has 164 valence electrons. The predicted molar refractivity (Wildman–Crippen MR) is 101 cm³/mol. The van der Waals surface area contributed by atoms with Crippen LogP contribution in [0.3, 0.4) is 0 Å². The molecule has 0 aromatic rings. The van der Waals surface area contributed by atoms with E-state index in [1.54, 1.807) is 13.8 Å². The van der Waals surface area contributed by atoms with Crippen LogP contribution in [-0.2, 0) is 14.3 Å². The van der Waals surface area contributed by atoms with Crippen LogP contribution in [0.2, 0.25) is 0 Å². The van der Waals surface area contributed by atoms with Crippen LogP contribution in [0.25, 0.3) is 0 Å². The molecule has 29 heavy (non-hydrogen) atoms. The molecule has 4 atom stereocenters. The molecule has 1 fully saturated rings. The van der Waals surface area contributed by atoms with Gasteiger partial charge in [0, 0.05) is 17.3 Å². The highest BCUT2D eigenvalue weighted by Crippen LogP contribution is 2.44. The van der Waals surface area contributed by atoms with Gasteiger partial charge in [0.2, 0.25) is 0 Å². The zero-order valence-electron chi connectivity index (χ0n) is 17.1. The van der Waals surface area contributed by atoms with Crippen molar-refractivity contribution in [3.63, 3.8) is 0 Å². The fourth-order valence-electron chi connectivity index (χ4n) is 4.77. The van der Waals surface area contributed by atoms with Gasteiger partial charge in [-0.05, 0) is 64.4 Å². The van der Waals surface area contributed by atoms with Crippen LogP contribution in [0.4, 0.5) is 13.2 Å². The van der Waals surface area contributed by atoms with Gasteiger partial charge >= 0.3 is 12.3 Å². The lowest BCUT2D eigenvalue weighted by molar-refractivity contribution is -0.343. The van der Waals surface area contributed by atoms with Crippen molar-refractivity contribution in [1.29, 1.82) is 0 Å². The molecule has 1 aliphatic heterocycles. The quantitative estimate of drug-likeness (QED) is 0.644. The third-order valence-corrected chi connectivity index (χ3v) is 6.29. The maximum atomic E-state index is 12.7. The topological polar surface area (TPSA) is 67.8 Å². The third kappa shape index (κ3) is 5.34. The average Bonchev–Trinajstić information content (AvgIpc) is 2.90. The first-order valence-corrected chi connectivity index (χ1v) is 10.3. The molecular weight excluding hydrogens is 387 g/mol. The van der Waals surface area contributed by atoms with E-state index in [0.717, 1.165) is 42.7 Å². The first-order chi connectivity index (χ1) is 13.5. The van der Waals surface area contributed by atoms with Crippen molar-refractivity contribution in [2.24, 2.45) is 11.8 Å². The molecule has 8 heteroatoms. The summed E-state index contributed by atoms with van der Waals surface area (Å²) in [4.78, 5) is 11.5. The minimum absolute atomic E-state index is 0.105. The molecule has 0 aromatic heterocycles. The Morgan fingerprint density at radius 3 is 2.59 bits per heavy atom. The summed E-state index contributed by atoms with van der Waals surface area (Å²) in [6, 6.07) is 0. The summed E-state index contributed by atoms with van der Waals surface area (Å²) in [5.41, 5.74) is 1.77. The number of rotatable bonds is 6. The summed E-state index contributed by atoms with van der Waals surface area (Å²) >= 11 is 0. The molecule has 1 heterocycles. The van der Waals surface area contributed by atoms with Crippen LogP contribution in [0.5, 0.6) is 0 Å². The lowest BCUT2D eigenvalue weighted by Crippen LogP contribution is -2.42. The van der Waals surface area contributed by atoms with E-state index >= 15 is 0 Å². The highest BCUT2D eigenvalue weighted by atomic mass is 19.4. The molecule has 2 N–H and O–H groups in total. The second kappa shape index (κ2) is 8.30. The highest BCUT2D eigenvalue weighted by molar-refractivity contribution is 5.76. The summed E-state index contributed by atoms with van der Waals surface area (Å²) < 4.78 is 48.3. The van der Waals surface area contributed by atoms with E-state index in [1.165, 1.54) is 0 Å². The molecule has 0 bridgehead atoms. The number of fused-ring (bicyclic) bond motifs is 1. The number of ether oxygens (including phenoxy) is 2. The van der Waals surface area contributed by atoms with E-state index in [-0.39, 0.29) is 24.4 Å². The Kier molecular flexibility index (Phi) is 6.34. The van der Waals surface area contributed by atoms with Crippen molar-refractivity contribution in [3.05, 3.63) is 23.0 Å². The number of aliphatic carboxylic acids is 1. The SMILES string of the molecule is CC1=C(CC2CCCCC2OC(C)(C)C(=O)O)C2CC(OC(F)(F)F)CC=C2N1. The van der Waals surface area contributed by atoms with Gasteiger partial charge in [-0.3, -0.25) is 4.74 Å². The van der Waals surface area contributed by atoms with E-state index in [1.807, 2.05) is 13.0 Å². The average molecular weight is 417 g/mol. The Morgan fingerprint density at radius 1 is 1.24 bits per heavy atom. The Balaban J connectivity index is 1.72. The van der Waals surface area contributed by atoms with Crippen molar-refractivity contribution < 1.29 is 32.5 Å². The number of carboxylic acids is 1. The van der Waals surface area contributed by atoms with Crippen molar-refractivity contribution in [1.82, 2.24) is 5.32 Å². The van der Waals surface area contributed by atoms with Crippen molar-refractivity contribution in [2.75, 3.05) is 0 Å². The standard InChI is InChI=1S/C21H30F3NO4/c1-12-15(16-11-14(28-21(22,23)24)8-9-17(16)25-12)10-13-6-4-5-7-18(13)29-20(2,3)19(26)27/h9,13-14,16,18,25H,4-8,10-11H2,1-3H3,(H,26,27). The van der Waals surface area contributed by atoms with Gasteiger partial charge < -0.3 is 15.2 Å². The predicted octanol–water partition coefficient (Wildman–Crippen LogP) is 4.89. The van der Waals surface area contributed by atoms with E-state index in [0.29, 0.717) is 12.8 Å². The van der Waals surface area contributed by atoms with Gasteiger partial charge in [-0.15, -0.1) is 13.2 Å². The Hall–Kier alpha value is -1.54. The fraction of sp³-hybridized carbons (Fsp3) is 0.762. The van der Waals surface area contributed by atoms with Crippen LogP contribution >= 0.6 is 0 Å². The minimum atomic E-state index is -4.63. The van der Waals surface area contributed by atoms with Crippen LogP contribution in [-0.4, -0.2) is 35.2 Å². The molecule has 2 aliphatic carbocycles. The van der Waals surface area contributed by atoms with Crippen molar-refractivity contribution >= 4 is 5.97 Å². The number of allylic oxidation sites excluding steroid dienone is 2. The van der Waals surface area contributed by atoms with Gasteiger partial charge in [0.1, 0.15) is 0 Å². The Morgan fingerprint density at radius 2 is 1.93 bits per heavy atom. The number of carbonyl (C=O) groups is 1. The minimum Gasteiger partial charge on any atom is -0.479 e. The van der Waals surface area contributed by atoms with Crippen LogP contribution in [0.15, 0.2) is 23.0 Å². The van der Waals surface area contributed by atoms with E-state index in [2.05, 4.69) is 10.1 Å². The lowest BCUT2D eigenvalue weighted by atomic mass is 9.77. The molecule has 3 aliphatic rings. The molecule has 0 spiro atoms. The summed E-state index contributed by atoms with van der Waals surface area (Å²) in [5, 5.41) is 12.7. The van der Waals surface area contributed by atoms with Crippen LogP contribution in [0, 0.1) is 11.8 Å². The zero-order chi connectivity index (χ0) is 21.4. The second-order valence-corrected chi connectivity index (χ2v) is 8.86. The smallest absolute Gasteiger partial charge is 0.479 e. The number of alkyl halides is 3. The number of hydrogen-bond acceptors (Lipinski definition) is 4. The van der Waals surface area contributed by atoms with Crippen molar-refractivity contribution in [2.45, 2.75) is 89.9 Å². The lowest BCUT2D eigenvalue weighted by Gasteiger charge is -2.37. The molecule has 1 saturated carbocycles. The molecule has 0 saturated heterocycles. The first kappa shape index (κ1) is 22.2. The van der Waals surface area contributed by atoms with Crippen molar-refractivity contribution in [3.8, 4) is 0 Å². The molecular formula is C21H30F3NO4. The Labute approximate surface area is 169 Å². The highest BCUT2D eigenvalue weighted by Gasteiger charge is 2.41. The summed E-state index contributed by atoms with van der Waals surface area (Å²) in [6.07, 6.45) is 1.11. The van der Waals surface area contributed by atoms with Gasteiger partial charge in [0.05, 0.1) is 12.2 Å². The monoisotopic (exact) mass is 417 g/mol. The van der Waals surface area contributed by atoms with Gasteiger partial charge in [0.25, 0.3) is 0 Å². The fourth-order valence-corrected chi connectivity index (χ4v) is 4.77. The summed E-state index contributed by atoms with van der Waals surface area (Å²) in [7, 11) is 0. The van der Waals surface area contributed by atoms with E-state index in [9.17, 15) is 23.1 Å². The Bertz CT molecular complexity index is 699. The van der Waals surface area contributed by atoms with E-state index in [4.69, 9.17) is 4.74 Å². The van der Waals surface area contributed by atoms with E-state index < -0.39 is 24.0 Å². The summed E-state index contributed by atoms with van der Waals surface area (Å²) in [6.45, 7) is 5.07. The van der Waals surface area contributed by atoms with Gasteiger partial charge in [-0.25, -0.2) is 4.79 Å². The number of carboxylic acid groups (broad SMARTS) is 1. The first-order valence-electron chi connectivity index (χ1n) is 10.3. The molecule has 0 aromatic carbocycles. The van der Waals surface area contributed by atoms with Crippen LogP contribution in [0.1, 0.15) is 65.7 Å². The molecule has 3 rings (SSSR count). The number of nitrogens with one attached hydrogen (secondary N) is 1. The van der Waals surface area contributed by atoms with Gasteiger partial charge in [-0.2, -0.15) is 0 Å². The van der Waals surface area contributed by atoms with Gasteiger partial charge in [-0.1, -0.05) is 18.9 Å². The van der Waals surface area contributed by atoms with Crippen LogP contribution < -0.4 is 5.32 Å². The normalized spacial score (nSPS) is 30.6. The maximum Gasteiger partial charge on any atom is 0.522 e. The molecule has 4 unspecified atom stereocenters. The molecule has 0 radical (unpaired) electrons. The third-order valence-electron chi connectivity index (χ3n) is 6.29. The number of halogens is 3. The largest absolute Gasteiger partial charge is 0.522 e. The number of hydrogen-bond donors (Lipinski definition) is 2. The molecule has 5 nitrogen and oxygen atoms in total.